The third-order valence-electron chi connectivity index (χ3n) is 3.08. The minimum atomic E-state index is -0.599. The number of carbonyl (C=O) groups is 1. The summed E-state index contributed by atoms with van der Waals surface area (Å²) >= 11 is 0. The molecule has 0 aliphatic rings. The molecule has 1 N–H and O–H groups in total. The zero-order valence-corrected chi connectivity index (χ0v) is 13.1. The maximum Gasteiger partial charge on any atom is 0.314 e. The van der Waals surface area contributed by atoms with Crippen LogP contribution in [0.1, 0.15) is 0 Å². The Bertz CT molecular complexity index is 747. The van der Waals surface area contributed by atoms with Gasteiger partial charge in [-0.1, -0.05) is 6.07 Å². The number of nitro groups is 1. The van der Waals surface area contributed by atoms with Crippen LogP contribution in [0.2, 0.25) is 0 Å². The monoisotopic (exact) mass is 332 g/mol. The molecule has 2 aromatic rings. The summed E-state index contributed by atoms with van der Waals surface area (Å²) in [4.78, 5) is 22.4. The van der Waals surface area contributed by atoms with Crippen molar-refractivity contribution < 1.29 is 23.9 Å². The molecule has 24 heavy (non-hydrogen) atoms. The number of amides is 1. The van der Waals surface area contributed by atoms with Crippen LogP contribution in [0.15, 0.2) is 42.5 Å². The first-order valence-electron chi connectivity index (χ1n) is 6.92. The molecule has 0 aromatic heterocycles. The van der Waals surface area contributed by atoms with Crippen molar-refractivity contribution in [2.45, 2.75) is 0 Å². The molecule has 0 bridgehead atoms. The van der Waals surface area contributed by atoms with Crippen molar-refractivity contribution in [1.29, 1.82) is 0 Å². The van der Waals surface area contributed by atoms with Crippen molar-refractivity contribution >= 4 is 17.3 Å². The van der Waals surface area contributed by atoms with Gasteiger partial charge >= 0.3 is 5.69 Å². The second kappa shape index (κ2) is 7.82. The zero-order valence-electron chi connectivity index (χ0n) is 13.1. The Labute approximate surface area is 138 Å². The molecule has 8 heteroatoms. The molecule has 0 fully saturated rings. The largest absolute Gasteiger partial charge is 0.497 e. The first kappa shape index (κ1) is 17.1. The van der Waals surface area contributed by atoms with E-state index in [1.165, 1.54) is 32.4 Å². The number of nitrogens with zero attached hydrogens (tertiary/aromatic N) is 1. The molecule has 0 spiro atoms. The Kier molecular flexibility index (Phi) is 5.56. The summed E-state index contributed by atoms with van der Waals surface area (Å²) < 4.78 is 15.2. The van der Waals surface area contributed by atoms with E-state index in [1.54, 1.807) is 24.3 Å². The molecule has 2 rings (SSSR count). The van der Waals surface area contributed by atoms with E-state index in [1.807, 2.05) is 0 Å². The number of rotatable bonds is 7. The molecule has 0 atom stereocenters. The Balaban J connectivity index is 2.02. The minimum Gasteiger partial charge on any atom is -0.497 e. The van der Waals surface area contributed by atoms with Crippen LogP contribution in [-0.4, -0.2) is 31.7 Å². The van der Waals surface area contributed by atoms with Gasteiger partial charge in [0.15, 0.2) is 12.4 Å². The SMILES string of the molecule is COc1cccc(NC(=O)COc2ccc(OC)cc2[N+](=O)[O-])c1. The topological polar surface area (TPSA) is 99.9 Å². The van der Waals surface area contributed by atoms with E-state index in [2.05, 4.69) is 5.32 Å². The number of nitro benzene ring substituents is 1. The van der Waals surface area contributed by atoms with Crippen LogP contribution in [0.4, 0.5) is 11.4 Å². The van der Waals surface area contributed by atoms with Crippen LogP contribution < -0.4 is 19.5 Å². The van der Waals surface area contributed by atoms with E-state index >= 15 is 0 Å². The van der Waals surface area contributed by atoms with E-state index in [-0.39, 0.29) is 18.0 Å². The quantitative estimate of drug-likeness (QED) is 0.618. The molecule has 1 amide bonds. The van der Waals surface area contributed by atoms with Crippen molar-refractivity contribution in [2.24, 2.45) is 0 Å². The first-order valence-corrected chi connectivity index (χ1v) is 6.92. The fraction of sp³-hybridized carbons (Fsp3) is 0.188. The van der Waals surface area contributed by atoms with Crippen molar-refractivity contribution in [3.05, 3.63) is 52.6 Å². The first-order chi connectivity index (χ1) is 11.5. The Morgan fingerprint density at radius 3 is 2.50 bits per heavy atom. The summed E-state index contributed by atoms with van der Waals surface area (Å²) in [6.07, 6.45) is 0. The number of carbonyl (C=O) groups excluding carboxylic acids is 1. The molecule has 2 aromatic carbocycles. The van der Waals surface area contributed by atoms with Crippen LogP contribution in [0, 0.1) is 10.1 Å². The van der Waals surface area contributed by atoms with Crippen LogP contribution in [0.5, 0.6) is 17.2 Å². The number of anilines is 1. The Morgan fingerprint density at radius 1 is 1.12 bits per heavy atom. The molecule has 0 aliphatic carbocycles. The summed E-state index contributed by atoms with van der Waals surface area (Å²) in [6.45, 7) is -0.371. The molecule has 0 heterocycles. The maximum absolute atomic E-state index is 11.9. The van der Waals surface area contributed by atoms with Crippen molar-refractivity contribution in [3.63, 3.8) is 0 Å². The van der Waals surface area contributed by atoms with Crippen molar-refractivity contribution in [2.75, 3.05) is 26.1 Å². The predicted molar refractivity (Wildman–Crippen MR) is 86.8 cm³/mol. The lowest BCUT2D eigenvalue weighted by atomic mass is 10.3. The van der Waals surface area contributed by atoms with Gasteiger partial charge in [-0.15, -0.1) is 0 Å². The average Bonchev–Trinajstić information content (AvgIpc) is 2.59. The van der Waals surface area contributed by atoms with E-state index in [0.717, 1.165) is 0 Å². The van der Waals surface area contributed by atoms with Crippen LogP contribution in [0.25, 0.3) is 0 Å². The fourth-order valence-corrected chi connectivity index (χ4v) is 1.93. The average molecular weight is 332 g/mol. The Morgan fingerprint density at radius 2 is 1.83 bits per heavy atom. The third-order valence-corrected chi connectivity index (χ3v) is 3.08. The normalized spacial score (nSPS) is 9.92. The Hall–Kier alpha value is -3.29. The highest BCUT2D eigenvalue weighted by Gasteiger charge is 2.17. The van der Waals surface area contributed by atoms with E-state index in [0.29, 0.717) is 17.2 Å². The number of methoxy groups -OCH3 is 2. The summed E-state index contributed by atoms with van der Waals surface area (Å²) in [5.74, 6) is 0.462. The van der Waals surface area contributed by atoms with E-state index in [4.69, 9.17) is 14.2 Å². The van der Waals surface area contributed by atoms with Crippen LogP contribution in [0.3, 0.4) is 0 Å². The van der Waals surface area contributed by atoms with Crippen LogP contribution >= 0.6 is 0 Å². The van der Waals surface area contributed by atoms with E-state index in [9.17, 15) is 14.9 Å². The van der Waals surface area contributed by atoms with Gasteiger partial charge in [-0.2, -0.15) is 0 Å². The lowest BCUT2D eigenvalue weighted by Crippen LogP contribution is -2.20. The lowest BCUT2D eigenvalue weighted by Gasteiger charge is -2.09. The predicted octanol–water partition coefficient (Wildman–Crippen LogP) is 2.63. The summed E-state index contributed by atoms with van der Waals surface area (Å²) in [5, 5.41) is 13.7. The number of hydrogen-bond donors (Lipinski definition) is 1. The van der Waals surface area contributed by atoms with Crippen molar-refractivity contribution in [3.8, 4) is 17.2 Å². The highest BCUT2D eigenvalue weighted by molar-refractivity contribution is 5.92. The summed E-state index contributed by atoms with van der Waals surface area (Å²) in [7, 11) is 2.92. The molecule has 0 aliphatic heterocycles. The van der Waals surface area contributed by atoms with Crippen molar-refractivity contribution in [1.82, 2.24) is 0 Å². The second-order valence-corrected chi connectivity index (χ2v) is 4.66. The van der Waals surface area contributed by atoms with Gasteiger partial charge in [-0.25, -0.2) is 0 Å². The molecule has 0 saturated heterocycles. The van der Waals surface area contributed by atoms with Gasteiger partial charge in [0.25, 0.3) is 5.91 Å². The van der Waals surface area contributed by atoms with Crippen LogP contribution in [-0.2, 0) is 4.79 Å². The standard InChI is InChI=1S/C16H16N2O6/c1-22-12-5-3-4-11(8-12)17-16(19)10-24-15-7-6-13(23-2)9-14(15)18(20)21/h3-9H,10H2,1-2H3,(H,17,19). The van der Waals surface area contributed by atoms with Gasteiger partial charge in [0.05, 0.1) is 25.2 Å². The molecule has 0 radical (unpaired) electrons. The van der Waals surface area contributed by atoms with Gasteiger partial charge in [0.1, 0.15) is 11.5 Å². The number of ether oxygens (including phenoxy) is 3. The number of nitrogens with one attached hydrogen (secondary N) is 1. The van der Waals surface area contributed by atoms with E-state index < -0.39 is 10.8 Å². The number of benzene rings is 2. The highest BCUT2D eigenvalue weighted by atomic mass is 16.6. The molecular weight excluding hydrogens is 316 g/mol. The summed E-state index contributed by atoms with van der Waals surface area (Å²) in [5.41, 5.74) is 0.260. The highest BCUT2D eigenvalue weighted by Crippen LogP contribution is 2.31. The summed E-state index contributed by atoms with van der Waals surface area (Å²) in [6, 6.07) is 10.9. The van der Waals surface area contributed by atoms with Gasteiger partial charge in [0, 0.05) is 11.8 Å². The minimum absolute atomic E-state index is 0.0124. The second-order valence-electron chi connectivity index (χ2n) is 4.66. The van der Waals surface area contributed by atoms with Gasteiger partial charge in [-0.05, 0) is 24.3 Å². The molecule has 8 nitrogen and oxygen atoms in total. The fourth-order valence-electron chi connectivity index (χ4n) is 1.93. The smallest absolute Gasteiger partial charge is 0.314 e. The van der Waals surface area contributed by atoms with Gasteiger partial charge in [-0.3, -0.25) is 14.9 Å². The molecule has 126 valence electrons. The maximum atomic E-state index is 11.9. The molecule has 0 saturated carbocycles. The molecule has 0 unspecified atom stereocenters. The van der Waals surface area contributed by atoms with Gasteiger partial charge in [0.2, 0.25) is 0 Å². The number of hydrogen-bond acceptors (Lipinski definition) is 6. The molecular formula is C16H16N2O6. The lowest BCUT2D eigenvalue weighted by molar-refractivity contribution is -0.385. The zero-order chi connectivity index (χ0) is 17.5. The third kappa shape index (κ3) is 4.35. The van der Waals surface area contributed by atoms with Gasteiger partial charge < -0.3 is 19.5 Å².